The van der Waals surface area contributed by atoms with Gasteiger partial charge in [0.15, 0.2) is 0 Å². The van der Waals surface area contributed by atoms with E-state index in [-0.39, 0.29) is 17.0 Å². The average molecular weight is 304 g/mol. The molecular weight excluding hydrogens is 292 g/mol. The van der Waals surface area contributed by atoms with Crippen molar-refractivity contribution in [1.29, 1.82) is 0 Å². The Morgan fingerprint density at radius 3 is 2.76 bits per heavy atom. The predicted molar refractivity (Wildman–Crippen MR) is 79.6 cm³/mol. The number of hydrogen-bond donors (Lipinski definition) is 3. The summed E-state index contributed by atoms with van der Waals surface area (Å²) >= 11 is 1.47. The summed E-state index contributed by atoms with van der Waals surface area (Å²) in [7, 11) is 0. The van der Waals surface area contributed by atoms with E-state index in [0.29, 0.717) is 5.69 Å². The first-order chi connectivity index (χ1) is 9.95. The molecule has 0 spiro atoms. The molecule has 0 fully saturated rings. The largest absolute Gasteiger partial charge is 0.506 e. The fourth-order valence-corrected chi connectivity index (χ4v) is 2.14. The summed E-state index contributed by atoms with van der Waals surface area (Å²) < 4.78 is 0. The number of amides is 1. The highest BCUT2D eigenvalue weighted by atomic mass is 32.1. The van der Waals surface area contributed by atoms with E-state index in [0.717, 1.165) is 5.01 Å². The first-order valence-electron chi connectivity index (χ1n) is 5.93. The fourth-order valence-electron chi connectivity index (χ4n) is 1.56. The lowest BCUT2D eigenvalue weighted by Gasteiger charge is -2.06. The molecule has 0 bridgehead atoms. The van der Waals surface area contributed by atoms with Crippen LogP contribution in [-0.4, -0.2) is 27.1 Å². The van der Waals surface area contributed by atoms with Gasteiger partial charge in [-0.3, -0.25) is 4.79 Å². The highest BCUT2D eigenvalue weighted by Gasteiger charge is 2.09. The molecule has 1 heterocycles. The van der Waals surface area contributed by atoms with Crippen LogP contribution in [0.25, 0.3) is 6.08 Å². The number of nitrogens with zero attached hydrogens (tertiary/aromatic N) is 1. The van der Waals surface area contributed by atoms with E-state index in [2.05, 4.69) is 10.3 Å². The molecule has 21 heavy (non-hydrogen) atoms. The molecule has 1 amide bonds. The zero-order valence-corrected chi connectivity index (χ0v) is 11.8. The Labute approximate surface area is 124 Å². The molecule has 1 aromatic heterocycles. The number of carbonyl (C=O) groups excluding carboxylic acids is 1. The number of thiazole rings is 1. The van der Waals surface area contributed by atoms with Crippen LogP contribution in [0, 0.1) is 6.92 Å². The number of aromatic carboxylic acids is 1. The van der Waals surface area contributed by atoms with E-state index in [1.807, 2.05) is 12.3 Å². The highest BCUT2D eigenvalue weighted by molar-refractivity contribution is 7.09. The Balaban J connectivity index is 2.10. The van der Waals surface area contributed by atoms with E-state index in [1.54, 1.807) is 0 Å². The van der Waals surface area contributed by atoms with Crippen LogP contribution in [0.15, 0.2) is 29.7 Å². The van der Waals surface area contributed by atoms with Gasteiger partial charge < -0.3 is 15.5 Å². The minimum absolute atomic E-state index is 0.0257. The van der Waals surface area contributed by atoms with E-state index >= 15 is 0 Å². The van der Waals surface area contributed by atoms with Crippen molar-refractivity contribution in [2.45, 2.75) is 6.92 Å². The van der Waals surface area contributed by atoms with E-state index in [1.165, 1.54) is 41.7 Å². The number of nitrogens with one attached hydrogen (secondary N) is 1. The van der Waals surface area contributed by atoms with Crippen molar-refractivity contribution >= 4 is 35.0 Å². The molecule has 0 aliphatic heterocycles. The number of phenols is 1. The van der Waals surface area contributed by atoms with Gasteiger partial charge in [0, 0.05) is 11.5 Å². The number of benzene rings is 1. The normalized spacial score (nSPS) is 10.7. The smallest absolute Gasteiger partial charge is 0.335 e. The van der Waals surface area contributed by atoms with Crippen LogP contribution >= 0.6 is 11.3 Å². The van der Waals surface area contributed by atoms with E-state index in [9.17, 15) is 14.7 Å². The average Bonchev–Trinajstić information content (AvgIpc) is 2.84. The number of aryl methyl sites for hydroxylation is 1. The molecule has 0 aliphatic carbocycles. The van der Waals surface area contributed by atoms with Crippen molar-refractivity contribution < 1.29 is 19.8 Å². The maximum Gasteiger partial charge on any atom is 0.335 e. The summed E-state index contributed by atoms with van der Waals surface area (Å²) in [4.78, 5) is 26.8. The zero-order valence-electron chi connectivity index (χ0n) is 11.0. The molecule has 6 nitrogen and oxygen atoms in total. The molecule has 0 saturated heterocycles. The van der Waals surface area contributed by atoms with Crippen LogP contribution in [0.1, 0.15) is 21.1 Å². The van der Waals surface area contributed by atoms with Crippen LogP contribution in [-0.2, 0) is 4.79 Å². The van der Waals surface area contributed by atoms with Crippen molar-refractivity contribution in [3.63, 3.8) is 0 Å². The Bertz CT molecular complexity index is 722. The maximum atomic E-state index is 11.7. The quantitative estimate of drug-likeness (QED) is 0.595. The molecule has 3 N–H and O–H groups in total. The molecule has 2 rings (SSSR count). The number of phenolic OH excluding ortho intramolecular Hbond substituents is 1. The van der Waals surface area contributed by atoms with Gasteiger partial charge in [0.1, 0.15) is 5.75 Å². The molecule has 7 heteroatoms. The fraction of sp³-hybridized carbons (Fsp3) is 0.0714. The SMILES string of the molecule is Cc1nc(/C=C/C(=O)Nc2cc(C(=O)O)ccc2O)cs1. The lowest BCUT2D eigenvalue weighted by molar-refractivity contribution is -0.111. The van der Waals surface area contributed by atoms with Crippen molar-refractivity contribution in [3.8, 4) is 5.75 Å². The van der Waals surface area contributed by atoms with Gasteiger partial charge in [-0.15, -0.1) is 11.3 Å². The Morgan fingerprint density at radius 2 is 2.14 bits per heavy atom. The number of carboxylic acids is 1. The number of aromatic hydroxyl groups is 1. The van der Waals surface area contributed by atoms with Gasteiger partial charge in [0.05, 0.1) is 22.0 Å². The molecule has 0 atom stereocenters. The summed E-state index contributed by atoms with van der Waals surface area (Å²) in [6.07, 6.45) is 2.80. The third kappa shape index (κ3) is 3.90. The first-order valence-corrected chi connectivity index (χ1v) is 6.81. The minimum atomic E-state index is -1.14. The van der Waals surface area contributed by atoms with Crippen molar-refractivity contribution in [3.05, 3.63) is 45.9 Å². The molecule has 0 radical (unpaired) electrons. The van der Waals surface area contributed by atoms with Crippen molar-refractivity contribution in [1.82, 2.24) is 4.98 Å². The van der Waals surface area contributed by atoms with E-state index < -0.39 is 11.9 Å². The van der Waals surface area contributed by atoms with E-state index in [4.69, 9.17) is 5.11 Å². The molecule has 1 aromatic carbocycles. The van der Waals surface area contributed by atoms with Gasteiger partial charge in [0.2, 0.25) is 5.91 Å². The molecule has 0 aliphatic rings. The Morgan fingerprint density at radius 1 is 1.38 bits per heavy atom. The zero-order chi connectivity index (χ0) is 15.4. The van der Waals surface area contributed by atoms with Crippen molar-refractivity contribution in [2.75, 3.05) is 5.32 Å². The Hall–Kier alpha value is -2.67. The van der Waals surface area contributed by atoms with Crippen molar-refractivity contribution in [2.24, 2.45) is 0 Å². The van der Waals surface area contributed by atoms with Crippen LogP contribution in [0.4, 0.5) is 5.69 Å². The van der Waals surface area contributed by atoms with Crippen LogP contribution in [0.2, 0.25) is 0 Å². The lowest BCUT2D eigenvalue weighted by Crippen LogP contribution is -2.09. The van der Waals surface area contributed by atoms with Gasteiger partial charge in [-0.25, -0.2) is 9.78 Å². The Kier molecular flexibility index (Phi) is 4.34. The van der Waals surface area contributed by atoms with Gasteiger partial charge in [0.25, 0.3) is 0 Å². The second-order valence-electron chi connectivity index (χ2n) is 4.15. The minimum Gasteiger partial charge on any atom is -0.506 e. The first kappa shape index (κ1) is 14.7. The van der Waals surface area contributed by atoms with Gasteiger partial charge >= 0.3 is 5.97 Å². The summed E-state index contributed by atoms with van der Waals surface area (Å²) in [5, 5.41) is 23.6. The molecular formula is C14H12N2O4S. The third-order valence-corrected chi connectivity index (χ3v) is 3.34. The summed E-state index contributed by atoms with van der Waals surface area (Å²) in [6, 6.07) is 3.66. The predicted octanol–water partition coefficient (Wildman–Crippen LogP) is 2.51. The number of carboxylic acid groups (broad SMARTS) is 1. The standard InChI is InChI=1S/C14H12N2O4S/c1-8-15-10(7-21-8)3-5-13(18)16-11-6-9(14(19)20)2-4-12(11)17/h2-7,17H,1H3,(H,16,18)(H,19,20)/b5-3+. The molecule has 108 valence electrons. The summed E-state index contributed by atoms with van der Waals surface area (Å²) in [6.45, 7) is 1.86. The molecule has 0 saturated carbocycles. The van der Waals surface area contributed by atoms with Gasteiger partial charge in [-0.2, -0.15) is 0 Å². The van der Waals surface area contributed by atoms with Crippen LogP contribution in [0.3, 0.4) is 0 Å². The number of carbonyl (C=O) groups is 2. The third-order valence-electron chi connectivity index (χ3n) is 2.54. The van der Waals surface area contributed by atoms with Crippen LogP contribution in [0.5, 0.6) is 5.75 Å². The number of aromatic nitrogens is 1. The van der Waals surface area contributed by atoms with Gasteiger partial charge in [-0.1, -0.05) is 0 Å². The highest BCUT2D eigenvalue weighted by Crippen LogP contribution is 2.24. The molecule has 2 aromatic rings. The number of hydrogen-bond acceptors (Lipinski definition) is 5. The lowest BCUT2D eigenvalue weighted by atomic mass is 10.2. The summed E-state index contributed by atoms with van der Waals surface area (Å²) in [5.41, 5.74) is 0.678. The molecule has 0 unspecified atom stereocenters. The number of anilines is 1. The topological polar surface area (TPSA) is 99.5 Å². The monoisotopic (exact) mass is 304 g/mol. The second-order valence-corrected chi connectivity index (χ2v) is 5.21. The maximum absolute atomic E-state index is 11.7. The number of rotatable bonds is 4. The second kappa shape index (κ2) is 6.19. The summed E-state index contributed by atoms with van der Waals surface area (Å²) in [5.74, 6) is -1.83. The van der Waals surface area contributed by atoms with Crippen LogP contribution < -0.4 is 5.32 Å². The van der Waals surface area contributed by atoms with Gasteiger partial charge in [-0.05, 0) is 31.2 Å².